The van der Waals surface area contributed by atoms with Gasteiger partial charge in [-0.2, -0.15) is 0 Å². The minimum atomic E-state index is -0.455. The van der Waals surface area contributed by atoms with Crippen molar-refractivity contribution < 1.29 is 4.92 Å². The van der Waals surface area contributed by atoms with E-state index in [-0.39, 0.29) is 16.8 Å². The van der Waals surface area contributed by atoms with Crippen molar-refractivity contribution in [3.8, 4) is 0 Å². The second-order valence-corrected chi connectivity index (χ2v) is 5.25. The van der Waals surface area contributed by atoms with Crippen LogP contribution in [0.2, 0.25) is 5.02 Å². The summed E-state index contributed by atoms with van der Waals surface area (Å²) in [7, 11) is 0. The van der Waals surface area contributed by atoms with E-state index in [2.05, 4.69) is 19.2 Å². The summed E-state index contributed by atoms with van der Waals surface area (Å²) in [4.78, 5) is 10.4. The molecule has 1 unspecified atom stereocenters. The van der Waals surface area contributed by atoms with Crippen molar-refractivity contribution in [1.82, 2.24) is 5.32 Å². The molecule has 0 bridgehead atoms. The van der Waals surface area contributed by atoms with Gasteiger partial charge in [-0.3, -0.25) is 10.1 Å². The van der Waals surface area contributed by atoms with Crippen molar-refractivity contribution in [3.63, 3.8) is 0 Å². The van der Waals surface area contributed by atoms with Crippen LogP contribution >= 0.6 is 11.6 Å². The number of benzene rings is 1. The molecule has 0 saturated heterocycles. The molecule has 19 heavy (non-hydrogen) atoms. The van der Waals surface area contributed by atoms with Gasteiger partial charge in [0.1, 0.15) is 5.02 Å². The van der Waals surface area contributed by atoms with Crippen LogP contribution in [0.1, 0.15) is 19.4 Å². The molecule has 0 fully saturated rings. The van der Waals surface area contributed by atoms with Crippen molar-refractivity contribution in [2.75, 3.05) is 13.1 Å². The SMILES string of the molecule is CC(C)C(Cc1ccc(Cl)c([N+](=O)[O-])c1)NCCN. The Labute approximate surface area is 118 Å². The monoisotopic (exact) mass is 285 g/mol. The number of nitrogens with one attached hydrogen (secondary N) is 1. The number of halogens is 1. The largest absolute Gasteiger partial charge is 0.329 e. The highest BCUT2D eigenvalue weighted by molar-refractivity contribution is 6.32. The fourth-order valence-corrected chi connectivity index (χ4v) is 2.08. The van der Waals surface area contributed by atoms with E-state index in [1.807, 2.05) is 6.07 Å². The lowest BCUT2D eigenvalue weighted by molar-refractivity contribution is -0.384. The molecular weight excluding hydrogens is 266 g/mol. The highest BCUT2D eigenvalue weighted by Gasteiger charge is 2.17. The first-order valence-electron chi connectivity index (χ1n) is 6.32. The third kappa shape index (κ3) is 4.78. The van der Waals surface area contributed by atoms with Crippen LogP contribution in [0.25, 0.3) is 0 Å². The average molecular weight is 286 g/mol. The smallest absolute Gasteiger partial charge is 0.288 e. The molecule has 3 N–H and O–H groups in total. The van der Waals surface area contributed by atoms with Crippen molar-refractivity contribution in [3.05, 3.63) is 38.9 Å². The van der Waals surface area contributed by atoms with Crippen molar-refractivity contribution >= 4 is 17.3 Å². The fraction of sp³-hybridized carbons (Fsp3) is 0.538. The van der Waals surface area contributed by atoms with E-state index in [9.17, 15) is 10.1 Å². The lowest BCUT2D eigenvalue weighted by atomic mass is 9.96. The summed E-state index contributed by atoms with van der Waals surface area (Å²) >= 11 is 5.80. The molecule has 5 nitrogen and oxygen atoms in total. The van der Waals surface area contributed by atoms with Crippen LogP contribution in [0.4, 0.5) is 5.69 Å². The van der Waals surface area contributed by atoms with Gasteiger partial charge < -0.3 is 11.1 Å². The minimum Gasteiger partial charge on any atom is -0.329 e. The van der Waals surface area contributed by atoms with Gasteiger partial charge in [-0.05, 0) is 24.0 Å². The summed E-state index contributed by atoms with van der Waals surface area (Å²) in [5.41, 5.74) is 6.35. The molecule has 1 atom stereocenters. The molecule has 0 saturated carbocycles. The van der Waals surface area contributed by atoms with Crippen LogP contribution in [0.3, 0.4) is 0 Å². The Hall–Kier alpha value is -1.17. The normalized spacial score (nSPS) is 12.7. The number of hydrogen-bond donors (Lipinski definition) is 2. The maximum absolute atomic E-state index is 10.9. The van der Waals surface area contributed by atoms with E-state index in [4.69, 9.17) is 17.3 Å². The molecule has 0 radical (unpaired) electrons. The third-order valence-corrected chi connectivity index (χ3v) is 3.34. The minimum absolute atomic E-state index is 0.0412. The summed E-state index contributed by atoms with van der Waals surface area (Å²) in [5, 5.41) is 14.4. The topological polar surface area (TPSA) is 81.2 Å². The highest BCUT2D eigenvalue weighted by atomic mass is 35.5. The van der Waals surface area contributed by atoms with Gasteiger partial charge in [-0.25, -0.2) is 0 Å². The Morgan fingerprint density at radius 3 is 2.68 bits per heavy atom. The first kappa shape index (κ1) is 15.9. The first-order valence-corrected chi connectivity index (χ1v) is 6.69. The standard InChI is InChI=1S/C13H20ClN3O2/c1-9(2)12(16-6-5-15)7-10-3-4-11(14)13(8-10)17(18)19/h3-4,8-9,12,16H,5-7,15H2,1-2H3. The molecule has 106 valence electrons. The summed E-state index contributed by atoms with van der Waals surface area (Å²) < 4.78 is 0. The summed E-state index contributed by atoms with van der Waals surface area (Å²) in [5.74, 6) is 0.418. The van der Waals surface area contributed by atoms with Crippen LogP contribution in [0.5, 0.6) is 0 Å². The second-order valence-electron chi connectivity index (χ2n) is 4.84. The molecule has 0 aliphatic carbocycles. The summed E-state index contributed by atoms with van der Waals surface area (Å²) in [6.07, 6.45) is 0.718. The summed E-state index contributed by atoms with van der Waals surface area (Å²) in [6.45, 7) is 5.53. The zero-order valence-corrected chi connectivity index (χ0v) is 12.0. The zero-order chi connectivity index (χ0) is 14.4. The van der Waals surface area contributed by atoms with Crippen LogP contribution in [0.15, 0.2) is 18.2 Å². The Balaban J connectivity index is 2.84. The number of nitro benzene ring substituents is 1. The number of nitro groups is 1. The average Bonchev–Trinajstić information content (AvgIpc) is 2.35. The Morgan fingerprint density at radius 2 is 2.16 bits per heavy atom. The molecule has 1 aromatic rings. The maximum atomic E-state index is 10.9. The second kappa shape index (κ2) is 7.43. The van der Waals surface area contributed by atoms with Gasteiger partial charge in [0.25, 0.3) is 5.69 Å². The van der Waals surface area contributed by atoms with E-state index in [0.717, 1.165) is 18.5 Å². The van der Waals surface area contributed by atoms with E-state index in [0.29, 0.717) is 12.5 Å². The van der Waals surface area contributed by atoms with Gasteiger partial charge in [0, 0.05) is 25.2 Å². The lowest BCUT2D eigenvalue weighted by Crippen LogP contribution is -2.38. The fourth-order valence-electron chi connectivity index (χ4n) is 1.89. The molecule has 0 amide bonds. The van der Waals surface area contributed by atoms with Crippen LogP contribution in [0, 0.1) is 16.0 Å². The quantitative estimate of drug-likeness (QED) is 0.595. The van der Waals surface area contributed by atoms with Gasteiger partial charge >= 0.3 is 0 Å². The van der Waals surface area contributed by atoms with Gasteiger partial charge in [-0.1, -0.05) is 31.5 Å². The molecular formula is C13H20ClN3O2. The predicted octanol–water partition coefficient (Wildman–Crippen LogP) is 2.36. The number of hydrogen-bond acceptors (Lipinski definition) is 4. The van der Waals surface area contributed by atoms with Gasteiger partial charge in [0.15, 0.2) is 0 Å². The number of nitrogens with zero attached hydrogens (tertiary/aromatic N) is 1. The van der Waals surface area contributed by atoms with E-state index in [1.165, 1.54) is 0 Å². The number of nitrogens with two attached hydrogens (primary N) is 1. The van der Waals surface area contributed by atoms with Crippen LogP contribution < -0.4 is 11.1 Å². The maximum Gasteiger partial charge on any atom is 0.288 e. The van der Waals surface area contributed by atoms with Crippen molar-refractivity contribution in [2.24, 2.45) is 11.7 Å². The van der Waals surface area contributed by atoms with E-state index >= 15 is 0 Å². The molecule has 0 heterocycles. The van der Waals surface area contributed by atoms with Crippen molar-refractivity contribution in [1.29, 1.82) is 0 Å². The van der Waals surface area contributed by atoms with Crippen LogP contribution in [-0.2, 0) is 6.42 Å². The lowest BCUT2D eigenvalue weighted by Gasteiger charge is -2.22. The van der Waals surface area contributed by atoms with Gasteiger partial charge in [0.2, 0.25) is 0 Å². The van der Waals surface area contributed by atoms with Gasteiger partial charge in [0.05, 0.1) is 4.92 Å². The molecule has 6 heteroatoms. The molecule has 1 rings (SSSR count). The van der Waals surface area contributed by atoms with Gasteiger partial charge in [-0.15, -0.1) is 0 Å². The van der Waals surface area contributed by atoms with E-state index < -0.39 is 4.92 Å². The third-order valence-electron chi connectivity index (χ3n) is 3.02. The Morgan fingerprint density at radius 1 is 1.47 bits per heavy atom. The molecule has 0 spiro atoms. The molecule has 0 aromatic heterocycles. The predicted molar refractivity (Wildman–Crippen MR) is 77.5 cm³/mol. The molecule has 0 aliphatic heterocycles. The first-order chi connectivity index (χ1) is 8.95. The molecule has 1 aromatic carbocycles. The Bertz CT molecular complexity index is 438. The van der Waals surface area contributed by atoms with Crippen LogP contribution in [-0.4, -0.2) is 24.1 Å². The Kier molecular flexibility index (Phi) is 6.21. The highest BCUT2D eigenvalue weighted by Crippen LogP contribution is 2.26. The summed E-state index contributed by atoms with van der Waals surface area (Å²) in [6, 6.07) is 5.19. The molecule has 0 aliphatic rings. The number of rotatable bonds is 7. The van der Waals surface area contributed by atoms with Crippen molar-refractivity contribution in [2.45, 2.75) is 26.3 Å². The zero-order valence-electron chi connectivity index (χ0n) is 11.2. The van der Waals surface area contributed by atoms with E-state index in [1.54, 1.807) is 12.1 Å².